The summed E-state index contributed by atoms with van der Waals surface area (Å²) in [5.74, 6) is 2.40. The molecule has 0 spiro atoms. The topological polar surface area (TPSA) is 41.1 Å². The first kappa shape index (κ1) is 15.5. The van der Waals surface area contributed by atoms with Gasteiger partial charge >= 0.3 is 0 Å². The number of piperidine rings is 1. The van der Waals surface area contributed by atoms with Gasteiger partial charge in [0.2, 0.25) is 5.91 Å². The molecule has 3 rings (SSSR count). The minimum Gasteiger partial charge on any atom is -0.353 e. The van der Waals surface area contributed by atoms with Crippen LogP contribution in [-0.4, -0.2) is 18.5 Å². The van der Waals surface area contributed by atoms with Gasteiger partial charge in [0.25, 0.3) is 0 Å². The van der Waals surface area contributed by atoms with Crippen LogP contribution in [-0.2, 0) is 11.3 Å². The molecule has 1 saturated heterocycles. The van der Waals surface area contributed by atoms with Crippen molar-refractivity contribution in [1.29, 1.82) is 0 Å². The molecule has 1 aliphatic heterocycles. The van der Waals surface area contributed by atoms with E-state index < -0.39 is 0 Å². The van der Waals surface area contributed by atoms with E-state index in [0.29, 0.717) is 17.9 Å². The van der Waals surface area contributed by atoms with E-state index in [9.17, 15) is 4.79 Å². The number of amides is 1. The molecule has 1 saturated carbocycles. The van der Waals surface area contributed by atoms with E-state index in [1.807, 2.05) is 6.07 Å². The van der Waals surface area contributed by atoms with Crippen LogP contribution in [0.1, 0.15) is 38.7 Å². The zero-order chi connectivity index (χ0) is 15.5. The molecule has 5 unspecified atom stereocenters. The molecule has 22 heavy (non-hydrogen) atoms. The summed E-state index contributed by atoms with van der Waals surface area (Å²) >= 11 is 0. The van der Waals surface area contributed by atoms with Crippen molar-refractivity contribution < 1.29 is 4.79 Å². The van der Waals surface area contributed by atoms with Crippen LogP contribution in [0.2, 0.25) is 0 Å². The van der Waals surface area contributed by atoms with Crippen LogP contribution in [0.5, 0.6) is 0 Å². The van der Waals surface area contributed by atoms with Crippen LogP contribution in [0, 0.1) is 23.7 Å². The van der Waals surface area contributed by atoms with Gasteiger partial charge < -0.3 is 10.6 Å². The van der Waals surface area contributed by atoms with Gasteiger partial charge in [-0.25, -0.2) is 0 Å². The highest BCUT2D eigenvalue weighted by molar-refractivity contribution is 5.80. The van der Waals surface area contributed by atoms with E-state index in [1.165, 1.54) is 18.4 Å². The van der Waals surface area contributed by atoms with E-state index in [2.05, 4.69) is 48.7 Å². The zero-order valence-corrected chi connectivity index (χ0v) is 13.7. The lowest BCUT2D eigenvalue weighted by Crippen LogP contribution is -2.57. The van der Waals surface area contributed by atoms with Crippen molar-refractivity contribution >= 4 is 5.91 Å². The normalized spacial score (nSPS) is 34.8. The number of rotatable bonds is 4. The predicted molar refractivity (Wildman–Crippen MR) is 89.2 cm³/mol. The van der Waals surface area contributed by atoms with E-state index >= 15 is 0 Å². The summed E-state index contributed by atoms with van der Waals surface area (Å²) in [6, 6.07) is 10.8. The van der Waals surface area contributed by atoms with Crippen molar-refractivity contribution in [1.82, 2.24) is 10.6 Å². The molecule has 120 valence electrons. The summed E-state index contributed by atoms with van der Waals surface area (Å²) in [7, 11) is 0. The lowest BCUT2D eigenvalue weighted by Gasteiger charge is -2.46. The van der Waals surface area contributed by atoms with Crippen molar-refractivity contribution in [3.63, 3.8) is 0 Å². The second kappa shape index (κ2) is 6.82. The molecule has 5 atom stereocenters. The lowest BCUT2D eigenvalue weighted by atomic mass is 9.66. The number of carbonyl (C=O) groups excluding carboxylic acids is 1. The van der Waals surface area contributed by atoms with E-state index in [-0.39, 0.29) is 11.8 Å². The largest absolute Gasteiger partial charge is 0.353 e. The Morgan fingerprint density at radius 3 is 2.64 bits per heavy atom. The van der Waals surface area contributed by atoms with Gasteiger partial charge in [0.1, 0.15) is 0 Å². The summed E-state index contributed by atoms with van der Waals surface area (Å²) in [5, 5.41) is 6.78. The third-order valence-corrected chi connectivity index (χ3v) is 5.68. The molecule has 1 aromatic rings. The first-order valence-electron chi connectivity index (χ1n) is 8.70. The molecule has 1 amide bonds. The number of fused-ring (bicyclic) bond motifs is 1. The molecular weight excluding hydrogens is 272 g/mol. The Morgan fingerprint density at radius 1 is 1.14 bits per heavy atom. The highest BCUT2D eigenvalue weighted by atomic mass is 16.2. The highest BCUT2D eigenvalue weighted by Gasteiger charge is 2.42. The van der Waals surface area contributed by atoms with Crippen LogP contribution in [0.4, 0.5) is 0 Å². The van der Waals surface area contributed by atoms with Gasteiger partial charge in [0, 0.05) is 19.1 Å². The van der Waals surface area contributed by atoms with E-state index in [0.717, 1.165) is 25.4 Å². The second-order valence-corrected chi connectivity index (χ2v) is 7.28. The number of hydrogen-bond donors (Lipinski definition) is 2. The molecule has 2 N–H and O–H groups in total. The first-order valence-corrected chi connectivity index (χ1v) is 8.70. The molecule has 0 aromatic heterocycles. The summed E-state index contributed by atoms with van der Waals surface area (Å²) < 4.78 is 0. The molecule has 0 bridgehead atoms. The number of hydrogen-bond acceptors (Lipinski definition) is 2. The minimum atomic E-state index is 0.123. The molecule has 1 aliphatic carbocycles. The lowest BCUT2D eigenvalue weighted by molar-refractivity contribution is -0.131. The van der Waals surface area contributed by atoms with Gasteiger partial charge in [-0.3, -0.25) is 4.79 Å². The van der Waals surface area contributed by atoms with Crippen LogP contribution < -0.4 is 10.6 Å². The zero-order valence-electron chi connectivity index (χ0n) is 13.7. The third-order valence-electron chi connectivity index (χ3n) is 5.68. The average Bonchev–Trinajstić information content (AvgIpc) is 2.53. The van der Waals surface area contributed by atoms with E-state index in [4.69, 9.17) is 0 Å². The highest BCUT2D eigenvalue weighted by Crippen LogP contribution is 2.39. The summed E-state index contributed by atoms with van der Waals surface area (Å²) in [4.78, 5) is 12.4. The summed E-state index contributed by atoms with van der Waals surface area (Å²) in [6.45, 7) is 6.27. The number of carbonyl (C=O) groups is 1. The van der Waals surface area contributed by atoms with Crippen LogP contribution >= 0.6 is 0 Å². The molecule has 1 aromatic carbocycles. The average molecular weight is 300 g/mol. The van der Waals surface area contributed by atoms with Crippen molar-refractivity contribution in [3.05, 3.63) is 35.9 Å². The smallest absolute Gasteiger partial charge is 0.224 e. The number of nitrogens with one attached hydrogen (secondary N) is 2. The first-order chi connectivity index (χ1) is 10.6. The number of benzene rings is 1. The second-order valence-electron chi connectivity index (χ2n) is 7.28. The Balaban J connectivity index is 1.55. The molecule has 3 nitrogen and oxygen atoms in total. The SMILES string of the molecule is CC1CCC(C)C2NC(=O)C(CNCc3ccccc3)CC12. The van der Waals surface area contributed by atoms with Crippen LogP contribution in [0.25, 0.3) is 0 Å². The van der Waals surface area contributed by atoms with Crippen LogP contribution in [0.15, 0.2) is 30.3 Å². The predicted octanol–water partition coefficient (Wildman–Crippen LogP) is 2.96. The van der Waals surface area contributed by atoms with Crippen molar-refractivity contribution in [2.75, 3.05) is 6.54 Å². The maximum absolute atomic E-state index is 12.4. The van der Waals surface area contributed by atoms with Gasteiger partial charge in [0.05, 0.1) is 5.92 Å². The van der Waals surface area contributed by atoms with Crippen molar-refractivity contribution in [3.8, 4) is 0 Å². The van der Waals surface area contributed by atoms with E-state index in [1.54, 1.807) is 0 Å². The van der Waals surface area contributed by atoms with Gasteiger partial charge in [-0.1, -0.05) is 50.6 Å². The quantitative estimate of drug-likeness (QED) is 0.897. The fraction of sp³-hybridized carbons (Fsp3) is 0.632. The fourth-order valence-electron chi connectivity index (χ4n) is 4.20. The molecule has 1 heterocycles. The fourth-order valence-corrected chi connectivity index (χ4v) is 4.20. The maximum Gasteiger partial charge on any atom is 0.224 e. The molecule has 3 heteroatoms. The van der Waals surface area contributed by atoms with Crippen molar-refractivity contribution in [2.24, 2.45) is 23.7 Å². The van der Waals surface area contributed by atoms with Gasteiger partial charge in [-0.15, -0.1) is 0 Å². The maximum atomic E-state index is 12.4. The Bertz CT molecular complexity index is 501. The van der Waals surface area contributed by atoms with Gasteiger partial charge in [-0.2, -0.15) is 0 Å². The monoisotopic (exact) mass is 300 g/mol. The molecular formula is C19H28N2O. The molecule has 2 fully saturated rings. The third kappa shape index (κ3) is 3.35. The summed E-state index contributed by atoms with van der Waals surface area (Å²) in [5.41, 5.74) is 1.27. The summed E-state index contributed by atoms with van der Waals surface area (Å²) in [6.07, 6.45) is 3.60. The Hall–Kier alpha value is -1.35. The van der Waals surface area contributed by atoms with Gasteiger partial charge in [-0.05, 0) is 36.2 Å². The minimum absolute atomic E-state index is 0.123. The molecule has 0 radical (unpaired) electrons. The Kier molecular flexibility index (Phi) is 4.82. The van der Waals surface area contributed by atoms with Crippen molar-refractivity contribution in [2.45, 2.75) is 45.7 Å². The molecule has 2 aliphatic rings. The Labute approximate surface area is 133 Å². The van der Waals surface area contributed by atoms with Crippen LogP contribution in [0.3, 0.4) is 0 Å². The Morgan fingerprint density at radius 2 is 1.86 bits per heavy atom. The standard InChI is InChI=1S/C19H28N2O/c1-13-8-9-14(2)18-17(13)10-16(19(22)21-18)12-20-11-15-6-4-3-5-7-15/h3-7,13-14,16-18,20H,8-12H2,1-2H3,(H,21,22). The van der Waals surface area contributed by atoms with Gasteiger partial charge in [0.15, 0.2) is 0 Å².